The molecule has 1 aromatic carbocycles. The Morgan fingerprint density at radius 2 is 1.73 bits per heavy atom. The second-order valence-corrected chi connectivity index (χ2v) is 5.49. The van der Waals surface area contributed by atoms with Gasteiger partial charge in [-0.1, -0.05) is 18.2 Å². The van der Waals surface area contributed by atoms with Gasteiger partial charge >= 0.3 is 6.18 Å². The Bertz CT molecular complexity index is 361. The van der Waals surface area contributed by atoms with Crippen LogP contribution in [0.3, 0.4) is 0 Å². The van der Waals surface area contributed by atoms with Crippen LogP contribution in [-0.4, -0.2) is 17.2 Å². The summed E-state index contributed by atoms with van der Waals surface area (Å²) in [6.07, 6.45) is -6.40. The molecular formula is C9H10F3O2P. The first-order valence-electron chi connectivity index (χ1n) is 4.25. The third-order valence-corrected chi connectivity index (χ3v) is 3.79. The van der Waals surface area contributed by atoms with Gasteiger partial charge in [-0.2, -0.15) is 13.2 Å². The van der Waals surface area contributed by atoms with Crippen molar-refractivity contribution >= 4 is 12.7 Å². The normalized spacial score (nSPS) is 16.0. The SMILES string of the molecule is O=P(O)(CCC(F)(F)F)c1ccccc1. The largest absolute Gasteiger partial charge is 0.389 e. The van der Waals surface area contributed by atoms with Crippen LogP contribution in [0, 0.1) is 0 Å². The molecule has 0 aliphatic heterocycles. The van der Waals surface area contributed by atoms with E-state index in [2.05, 4.69) is 0 Å². The topological polar surface area (TPSA) is 37.3 Å². The van der Waals surface area contributed by atoms with Gasteiger partial charge in [0.15, 0.2) is 0 Å². The van der Waals surface area contributed by atoms with Gasteiger partial charge < -0.3 is 4.89 Å². The Hall–Kier alpha value is -0.800. The van der Waals surface area contributed by atoms with Crippen molar-refractivity contribution in [2.75, 3.05) is 6.16 Å². The summed E-state index contributed by atoms with van der Waals surface area (Å²) in [4.78, 5) is 9.40. The molecule has 84 valence electrons. The summed E-state index contributed by atoms with van der Waals surface area (Å²) in [5.74, 6) is 0. The highest BCUT2D eigenvalue weighted by atomic mass is 31.2. The molecule has 0 saturated carbocycles. The van der Waals surface area contributed by atoms with E-state index in [1.165, 1.54) is 24.3 Å². The van der Waals surface area contributed by atoms with Gasteiger partial charge in [0.2, 0.25) is 7.37 Å². The number of rotatable bonds is 3. The van der Waals surface area contributed by atoms with Crippen LogP contribution in [0.25, 0.3) is 0 Å². The van der Waals surface area contributed by atoms with E-state index in [-0.39, 0.29) is 5.30 Å². The molecule has 1 rings (SSSR count). The van der Waals surface area contributed by atoms with E-state index < -0.39 is 26.1 Å². The Morgan fingerprint density at radius 1 is 1.20 bits per heavy atom. The molecule has 6 heteroatoms. The number of hydrogen-bond acceptors (Lipinski definition) is 1. The summed E-state index contributed by atoms with van der Waals surface area (Å²) in [6, 6.07) is 7.39. The third kappa shape index (κ3) is 4.06. The first-order valence-corrected chi connectivity index (χ1v) is 6.10. The summed E-state index contributed by atoms with van der Waals surface area (Å²) in [6.45, 7) is 0. The Kier molecular flexibility index (Phi) is 3.58. The zero-order valence-electron chi connectivity index (χ0n) is 7.74. The molecule has 0 spiro atoms. The Morgan fingerprint density at radius 3 is 2.20 bits per heavy atom. The molecule has 15 heavy (non-hydrogen) atoms. The summed E-state index contributed by atoms with van der Waals surface area (Å²) >= 11 is 0. The van der Waals surface area contributed by atoms with Crippen LogP contribution in [0.5, 0.6) is 0 Å². The lowest BCUT2D eigenvalue weighted by molar-refractivity contribution is -0.130. The highest BCUT2D eigenvalue weighted by molar-refractivity contribution is 7.66. The fourth-order valence-corrected chi connectivity index (χ4v) is 2.52. The van der Waals surface area contributed by atoms with Crippen molar-refractivity contribution < 1.29 is 22.6 Å². The maximum absolute atomic E-state index is 11.9. The van der Waals surface area contributed by atoms with E-state index in [0.29, 0.717) is 0 Å². The standard InChI is InChI=1S/C9H10F3O2P/c10-9(11,12)6-7-15(13,14)8-4-2-1-3-5-8/h1-5H,6-7H2,(H,13,14). The first kappa shape index (κ1) is 12.3. The molecule has 2 nitrogen and oxygen atoms in total. The highest BCUT2D eigenvalue weighted by Gasteiger charge is 2.32. The van der Waals surface area contributed by atoms with Gasteiger partial charge in [-0.25, -0.2) is 0 Å². The molecule has 0 bridgehead atoms. The van der Waals surface area contributed by atoms with Gasteiger partial charge in [0.1, 0.15) is 0 Å². The number of benzene rings is 1. The molecule has 0 aromatic heterocycles. The van der Waals surface area contributed by atoms with Crippen molar-refractivity contribution in [3.63, 3.8) is 0 Å². The predicted molar refractivity (Wildman–Crippen MR) is 51.4 cm³/mol. The van der Waals surface area contributed by atoms with Crippen molar-refractivity contribution in [1.82, 2.24) is 0 Å². The van der Waals surface area contributed by atoms with Gasteiger partial charge in [0, 0.05) is 11.5 Å². The van der Waals surface area contributed by atoms with Gasteiger partial charge in [-0.15, -0.1) is 0 Å². The second-order valence-electron chi connectivity index (χ2n) is 3.13. The molecule has 0 amide bonds. The minimum absolute atomic E-state index is 0.0641. The average Bonchev–Trinajstić information content (AvgIpc) is 2.16. The molecule has 1 atom stereocenters. The van der Waals surface area contributed by atoms with Crippen molar-refractivity contribution in [1.29, 1.82) is 0 Å². The molecule has 1 N–H and O–H groups in total. The molecule has 0 aliphatic carbocycles. The summed E-state index contributed by atoms with van der Waals surface area (Å²) < 4.78 is 47.1. The van der Waals surface area contributed by atoms with E-state index in [1.807, 2.05) is 0 Å². The molecule has 0 aliphatic rings. The molecular weight excluding hydrogens is 228 g/mol. The van der Waals surface area contributed by atoms with Crippen molar-refractivity contribution in [3.8, 4) is 0 Å². The minimum Gasteiger partial charge on any atom is -0.341 e. The minimum atomic E-state index is -4.40. The van der Waals surface area contributed by atoms with Crippen LogP contribution in [0.2, 0.25) is 0 Å². The Labute approximate surface area is 85.2 Å². The zero-order valence-corrected chi connectivity index (χ0v) is 8.63. The van der Waals surface area contributed by atoms with Crippen molar-refractivity contribution in [2.45, 2.75) is 12.6 Å². The first-order chi connectivity index (χ1) is 6.81. The maximum atomic E-state index is 11.9. The van der Waals surface area contributed by atoms with Crippen LogP contribution >= 0.6 is 7.37 Å². The van der Waals surface area contributed by atoms with E-state index in [0.717, 1.165) is 0 Å². The fraction of sp³-hybridized carbons (Fsp3) is 0.333. The van der Waals surface area contributed by atoms with Crippen LogP contribution in [0.4, 0.5) is 13.2 Å². The lowest BCUT2D eigenvalue weighted by atomic mass is 10.4. The molecule has 1 unspecified atom stereocenters. The number of hydrogen-bond donors (Lipinski definition) is 1. The summed E-state index contributed by atoms with van der Waals surface area (Å²) in [7, 11) is -3.86. The highest BCUT2D eigenvalue weighted by Crippen LogP contribution is 2.42. The maximum Gasteiger partial charge on any atom is 0.389 e. The monoisotopic (exact) mass is 238 g/mol. The average molecular weight is 238 g/mol. The van der Waals surface area contributed by atoms with Crippen LogP contribution < -0.4 is 5.30 Å². The molecule has 0 heterocycles. The number of halogens is 3. The zero-order chi connectivity index (χ0) is 11.5. The summed E-state index contributed by atoms with van der Waals surface area (Å²) in [5, 5.41) is 0.0641. The van der Waals surface area contributed by atoms with Gasteiger partial charge in [0.25, 0.3) is 0 Å². The quantitative estimate of drug-likeness (QED) is 0.821. The van der Waals surface area contributed by atoms with E-state index in [4.69, 9.17) is 0 Å². The molecule has 1 aromatic rings. The fourth-order valence-electron chi connectivity index (χ4n) is 1.07. The van der Waals surface area contributed by atoms with Crippen molar-refractivity contribution in [3.05, 3.63) is 30.3 Å². The summed E-state index contributed by atoms with van der Waals surface area (Å²) in [5.41, 5.74) is 0. The van der Waals surface area contributed by atoms with Crippen LogP contribution in [0.15, 0.2) is 30.3 Å². The van der Waals surface area contributed by atoms with E-state index >= 15 is 0 Å². The van der Waals surface area contributed by atoms with Gasteiger partial charge in [-0.3, -0.25) is 4.57 Å². The number of alkyl halides is 3. The van der Waals surface area contributed by atoms with E-state index in [1.54, 1.807) is 6.07 Å². The van der Waals surface area contributed by atoms with Crippen molar-refractivity contribution in [2.24, 2.45) is 0 Å². The lowest BCUT2D eigenvalue weighted by Gasteiger charge is -2.12. The van der Waals surface area contributed by atoms with Crippen LogP contribution in [0.1, 0.15) is 6.42 Å². The molecule has 0 radical (unpaired) electrons. The van der Waals surface area contributed by atoms with E-state index in [9.17, 15) is 22.6 Å². The molecule has 0 saturated heterocycles. The lowest BCUT2D eigenvalue weighted by Crippen LogP contribution is -2.14. The second kappa shape index (κ2) is 4.37. The molecule has 0 fully saturated rings. The van der Waals surface area contributed by atoms with Gasteiger partial charge in [0.05, 0.1) is 6.42 Å². The van der Waals surface area contributed by atoms with Crippen LogP contribution in [-0.2, 0) is 4.57 Å². The Balaban J connectivity index is 2.73. The predicted octanol–water partition coefficient (Wildman–Crippen LogP) is 2.53. The van der Waals surface area contributed by atoms with Gasteiger partial charge in [-0.05, 0) is 12.1 Å². The third-order valence-electron chi connectivity index (χ3n) is 1.86. The smallest absolute Gasteiger partial charge is 0.341 e.